The van der Waals surface area contributed by atoms with E-state index in [9.17, 15) is 0 Å². The van der Waals surface area contributed by atoms with Gasteiger partial charge in [-0.15, -0.1) is 0 Å². The Morgan fingerprint density at radius 1 is 0.231 bits per heavy atom. The van der Waals surface area contributed by atoms with Gasteiger partial charge < -0.3 is 0 Å². The van der Waals surface area contributed by atoms with E-state index in [4.69, 9.17) is 0 Å². The Hall–Kier alpha value is 0. The monoisotopic (exact) mass is 730 g/mol. The SMILES string of the molecule is CCCCCCCCCCC(CCCCCC)C[C](CC(CCCCCCCC)CCCCCCCC)C(CCCCCC)CCCCCCCC. The first-order chi connectivity index (χ1) is 25.7. The molecule has 0 aliphatic carbocycles. The maximum Gasteiger partial charge on any atom is -0.0205 e. The molecule has 0 aromatic rings. The second-order valence-corrected chi connectivity index (χ2v) is 18.1. The van der Waals surface area contributed by atoms with E-state index >= 15 is 0 Å². The van der Waals surface area contributed by atoms with Gasteiger partial charge in [-0.1, -0.05) is 286 Å². The minimum Gasteiger partial charge on any atom is -0.0654 e. The molecule has 0 heterocycles. The third-order valence-electron chi connectivity index (χ3n) is 12.9. The standard InChI is InChI=1S/C52H105/c1-7-13-19-25-29-30-33-38-44-49(41-35-23-17-11-5)47-52(51(45-39-24-18-12-6)46-40-34-28-22-16-10-4)48-50(42-36-31-26-20-14-8-2)43-37-32-27-21-15-9-3/h49-51H,7-48H2,1-6H3. The zero-order valence-electron chi connectivity index (χ0n) is 37.9. The average Bonchev–Trinajstić information content (AvgIpc) is 3.15. The molecule has 0 amide bonds. The molecule has 313 valence electrons. The minimum atomic E-state index is 0.913. The van der Waals surface area contributed by atoms with Gasteiger partial charge in [-0.05, 0) is 49.4 Å². The lowest BCUT2D eigenvalue weighted by Gasteiger charge is -2.34. The Morgan fingerprint density at radius 3 is 0.673 bits per heavy atom. The van der Waals surface area contributed by atoms with Crippen molar-refractivity contribution in [3.8, 4) is 0 Å². The van der Waals surface area contributed by atoms with Crippen LogP contribution in [-0.2, 0) is 0 Å². The van der Waals surface area contributed by atoms with E-state index in [0.29, 0.717) is 0 Å². The smallest absolute Gasteiger partial charge is 0.0205 e. The highest BCUT2D eigenvalue weighted by Gasteiger charge is 2.28. The van der Waals surface area contributed by atoms with Gasteiger partial charge in [0, 0.05) is 0 Å². The number of rotatable bonds is 45. The van der Waals surface area contributed by atoms with Crippen LogP contribution in [0.5, 0.6) is 0 Å². The van der Waals surface area contributed by atoms with Gasteiger partial charge in [0.25, 0.3) is 0 Å². The van der Waals surface area contributed by atoms with Crippen LogP contribution in [0, 0.1) is 23.7 Å². The highest BCUT2D eigenvalue weighted by atomic mass is 14.3. The predicted octanol–water partition coefficient (Wildman–Crippen LogP) is 19.9. The van der Waals surface area contributed by atoms with Crippen molar-refractivity contribution < 1.29 is 0 Å². The van der Waals surface area contributed by atoms with E-state index in [-0.39, 0.29) is 0 Å². The van der Waals surface area contributed by atoms with Gasteiger partial charge in [0.2, 0.25) is 0 Å². The molecule has 0 N–H and O–H groups in total. The molecule has 2 atom stereocenters. The van der Waals surface area contributed by atoms with Crippen LogP contribution in [-0.4, -0.2) is 0 Å². The van der Waals surface area contributed by atoms with Crippen LogP contribution in [0.2, 0.25) is 0 Å². The van der Waals surface area contributed by atoms with Crippen molar-refractivity contribution in [3.05, 3.63) is 5.92 Å². The Kier molecular flexibility index (Phi) is 43.7. The predicted molar refractivity (Wildman–Crippen MR) is 242 cm³/mol. The molecule has 0 aromatic carbocycles. The second kappa shape index (κ2) is 43.7. The van der Waals surface area contributed by atoms with Crippen LogP contribution in [0.25, 0.3) is 0 Å². The molecule has 0 nitrogen and oxygen atoms in total. The molecule has 0 bridgehead atoms. The van der Waals surface area contributed by atoms with Crippen LogP contribution in [0.15, 0.2) is 0 Å². The fourth-order valence-corrected chi connectivity index (χ4v) is 9.25. The lowest BCUT2D eigenvalue weighted by molar-refractivity contribution is 0.287. The summed E-state index contributed by atoms with van der Waals surface area (Å²) in [6.45, 7) is 14.2. The summed E-state index contributed by atoms with van der Waals surface area (Å²) in [5.74, 6) is 4.93. The minimum absolute atomic E-state index is 0.913. The lowest BCUT2D eigenvalue weighted by Crippen LogP contribution is -2.21. The summed E-state index contributed by atoms with van der Waals surface area (Å²) in [5, 5.41) is 0. The van der Waals surface area contributed by atoms with Crippen molar-refractivity contribution in [1.82, 2.24) is 0 Å². The van der Waals surface area contributed by atoms with Gasteiger partial charge in [-0.2, -0.15) is 0 Å². The topological polar surface area (TPSA) is 0 Å². The zero-order valence-corrected chi connectivity index (χ0v) is 37.9. The van der Waals surface area contributed by atoms with Gasteiger partial charge >= 0.3 is 0 Å². The summed E-state index contributed by atoms with van der Waals surface area (Å²) < 4.78 is 0. The van der Waals surface area contributed by atoms with Crippen molar-refractivity contribution in [2.24, 2.45) is 17.8 Å². The average molecular weight is 730 g/mol. The molecule has 0 spiro atoms. The first-order valence-electron chi connectivity index (χ1n) is 25.5. The van der Waals surface area contributed by atoms with Gasteiger partial charge in [-0.25, -0.2) is 0 Å². The van der Waals surface area contributed by atoms with Crippen LogP contribution in [0.1, 0.15) is 311 Å². The normalized spacial score (nSPS) is 13.2. The van der Waals surface area contributed by atoms with E-state index in [1.807, 2.05) is 0 Å². The molecule has 0 fully saturated rings. The number of unbranched alkanes of at least 4 members (excludes halogenated alkanes) is 28. The maximum atomic E-state index is 2.40. The van der Waals surface area contributed by atoms with Crippen LogP contribution >= 0.6 is 0 Å². The molecule has 0 aliphatic rings. The second-order valence-electron chi connectivity index (χ2n) is 18.1. The third-order valence-corrected chi connectivity index (χ3v) is 12.9. The summed E-state index contributed by atoms with van der Waals surface area (Å²) in [6.07, 6.45) is 61.5. The molecular weight excluding hydrogens is 625 g/mol. The fourth-order valence-electron chi connectivity index (χ4n) is 9.25. The van der Waals surface area contributed by atoms with E-state index in [1.54, 1.807) is 0 Å². The quantitative estimate of drug-likeness (QED) is 0.0548. The molecule has 1 radical (unpaired) electrons. The first-order valence-corrected chi connectivity index (χ1v) is 25.5. The van der Waals surface area contributed by atoms with E-state index < -0.39 is 0 Å². The number of hydrogen-bond acceptors (Lipinski definition) is 0. The lowest BCUT2D eigenvalue weighted by atomic mass is 9.71. The van der Waals surface area contributed by atoms with Crippen molar-refractivity contribution in [3.63, 3.8) is 0 Å². The zero-order chi connectivity index (χ0) is 38.0. The van der Waals surface area contributed by atoms with Crippen molar-refractivity contribution in [2.75, 3.05) is 0 Å². The molecule has 2 unspecified atom stereocenters. The van der Waals surface area contributed by atoms with Gasteiger partial charge in [-0.3, -0.25) is 0 Å². The third kappa shape index (κ3) is 35.7. The summed E-state index contributed by atoms with van der Waals surface area (Å²) in [4.78, 5) is 0. The summed E-state index contributed by atoms with van der Waals surface area (Å²) in [5.41, 5.74) is 0. The van der Waals surface area contributed by atoms with Crippen LogP contribution in [0.4, 0.5) is 0 Å². The van der Waals surface area contributed by atoms with E-state index in [1.165, 1.54) is 270 Å². The van der Waals surface area contributed by atoms with Gasteiger partial charge in [0.15, 0.2) is 0 Å². The number of hydrogen-bond donors (Lipinski definition) is 0. The molecular formula is C52H105. The van der Waals surface area contributed by atoms with Gasteiger partial charge in [0.05, 0.1) is 0 Å². The Bertz CT molecular complexity index is 606. The van der Waals surface area contributed by atoms with Crippen molar-refractivity contribution in [1.29, 1.82) is 0 Å². The highest BCUT2D eigenvalue weighted by Crippen LogP contribution is 2.41. The molecule has 0 saturated carbocycles. The highest BCUT2D eigenvalue weighted by molar-refractivity contribution is 5.00. The molecule has 0 aromatic heterocycles. The molecule has 0 saturated heterocycles. The Labute approximate surface area is 333 Å². The van der Waals surface area contributed by atoms with Crippen molar-refractivity contribution in [2.45, 2.75) is 311 Å². The molecule has 52 heavy (non-hydrogen) atoms. The van der Waals surface area contributed by atoms with Crippen LogP contribution in [0.3, 0.4) is 0 Å². The molecule has 0 aliphatic heterocycles. The summed E-state index contributed by atoms with van der Waals surface area (Å²) in [7, 11) is 0. The van der Waals surface area contributed by atoms with E-state index in [2.05, 4.69) is 47.5 Å². The molecule has 0 heteroatoms. The largest absolute Gasteiger partial charge is 0.0654 e. The Balaban J connectivity index is 5.96. The summed E-state index contributed by atoms with van der Waals surface area (Å²) >= 11 is 0. The van der Waals surface area contributed by atoms with Crippen molar-refractivity contribution >= 4 is 0 Å². The fraction of sp³-hybridized carbons (Fsp3) is 0.981. The maximum absolute atomic E-state index is 2.40. The summed E-state index contributed by atoms with van der Waals surface area (Å²) in [6, 6.07) is 0. The molecule has 0 rings (SSSR count). The van der Waals surface area contributed by atoms with Gasteiger partial charge in [0.1, 0.15) is 0 Å². The van der Waals surface area contributed by atoms with Crippen LogP contribution < -0.4 is 0 Å². The first kappa shape index (κ1) is 52.0. The Morgan fingerprint density at radius 2 is 0.423 bits per heavy atom. The van der Waals surface area contributed by atoms with E-state index in [0.717, 1.165) is 17.8 Å².